The Morgan fingerprint density at radius 2 is 1.71 bits per heavy atom. The number of anilines is 1. The van der Waals surface area contributed by atoms with Crippen LogP contribution >= 0.6 is 0 Å². The SMILES string of the molecule is COc1ccc(Cc2c(C)nc(NCc3nnc(C)n3C3CC3)nc2C)cc1. The molecule has 1 aromatic carbocycles. The molecule has 0 amide bonds. The zero-order chi connectivity index (χ0) is 19.7. The Kier molecular flexibility index (Phi) is 4.98. The minimum Gasteiger partial charge on any atom is -0.497 e. The van der Waals surface area contributed by atoms with Crippen molar-refractivity contribution in [3.05, 3.63) is 58.4 Å². The molecule has 0 radical (unpaired) electrons. The molecule has 7 nitrogen and oxygen atoms in total. The summed E-state index contributed by atoms with van der Waals surface area (Å²) in [5, 5.41) is 11.9. The molecule has 3 aromatic rings. The average molecular weight is 378 g/mol. The number of rotatable bonds is 7. The summed E-state index contributed by atoms with van der Waals surface area (Å²) in [4.78, 5) is 9.34. The number of ether oxygens (including phenoxy) is 1. The van der Waals surface area contributed by atoms with Gasteiger partial charge < -0.3 is 14.6 Å². The second kappa shape index (κ2) is 7.58. The topological polar surface area (TPSA) is 77.8 Å². The molecule has 0 saturated heterocycles. The van der Waals surface area contributed by atoms with E-state index in [1.54, 1.807) is 7.11 Å². The average Bonchev–Trinajstić information content (AvgIpc) is 3.46. The van der Waals surface area contributed by atoms with Gasteiger partial charge in [0, 0.05) is 23.9 Å². The molecule has 0 unspecified atom stereocenters. The van der Waals surface area contributed by atoms with Crippen molar-refractivity contribution in [1.82, 2.24) is 24.7 Å². The van der Waals surface area contributed by atoms with E-state index in [9.17, 15) is 0 Å². The van der Waals surface area contributed by atoms with Gasteiger partial charge in [0.1, 0.15) is 11.6 Å². The van der Waals surface area contributed by atoms with Crippen LogP contribution in [0.15, 0.2) is 24.3 Å². The van der Waals surface area contributed by atoms with Crippen LogP contribution in [0.25, 0.3) is 0 Å². The Labute approximate surface area is 165 Å². The lowest BCUT2D eigenvalue weighted by Crippen LogP contribution is -2.12. The molecular formula is C21H26N6O. The summed E-state index contributed by atoms with van der Waals surface area (Å²) in [6.45, 7) is 6.66. The van der Waals surface area contributed by atoms with Crippen LogP contribution < -0.4 is 10.1 Å². The van der Waals surface area contributed by atoms with E-state index in [4.69, 9.17) is 4.74 Å². The van der Waals surface area contributed by atoms with Gasteiger partial charge in [-0.15, -0.1) is 10.2 Å². The molecule has 146 valence electrons. The monoisotopic (exact) mass is 378 g/mol. The van der Waals surface area contributed by atoms with E-state index < -0.39 is 0 Å². The van der Waals surface area contributed by atoms with E-state index in [2.05, 4.69) is 42.2 Å². The highest BCUT2D eigenvalue weighted by Crippen LogP contribution is 2.36. The second-order valence-electron chi connectivity index (χ2n) is 7.34. The molecule has 1 N–H and O–H groups in total. The van der Waals surface area contributed by atoms with Crippen molar-refractivity contribution in [1.29, 1.82) is 0 Å². The largest absolute Gasteiger partial charge is 0.497 e. The van der Waals surface area contributed by atoms with Crippen molar-refractivity contribution in [2.75, 3.05) is 12.4 Å². The predicted molar refractivity (Wildman–Crippen MR) is 108 cm³/mol. The number of nitrogens with one attached hydrogen (secondary N) is 1. The smallest absolute Gasteiger partial charge is 0.223 e. The van der Waals surface area contributed by atoms with Gasteiger partial charge in [-0.2, -0.15) is 0 Å². The summed E-state index contributed by atoms with van der Waals surface area (Å²) in [5.74, 6) is 3.42. The maximum atomic E-state index is 5.23. The lowest BCUT2D eigenvalue weighted by atomic mass is 10.0. The van der Waals surface area contributed by atoms with Crippen molar-refractivity contribution >= 4 is 5.95 Å². The lowest BCUT2D eigenvalue weighted by Gasteiger charge is -2.13. The Bertz CT molecular complexity index is 952. The van der Waals surface area contributed by atoms with Gasteiger partial charge in [0.25, 0.3) is 0 Å². The number of aryl methyl sites for hydroxylation is 3. The lowest BCUT2D eigenvalue weighted by molar-refractivity contribution is 0.414. The highest BCUT2D eigenvalue weighted by atomic mass is 16.5. The summed E-state index contributed by atoms with van der Waals surface area (Å²) in [6.07, 6.45) is 3.22. The van der Waals surface area contributed by atoms with Crippen molar-refractivity contribution in [2.24, 2.45) is 0 Å². The maximum absolute atomic E-state index is 5.23. The summed E-state index contributed by atoms with van der Waals surface area (Å²) in [5.41, 5.74) is 4.35. The molecule has 1 aliphatic carbocycles. The molecule has 1 fully saturated rings. The van der Waals surface area contributed by atoms with Crippen LogP contribution in [-0.4, -0.2) is 31.8 Å². The number of hydrogen-bond acceptors (Lipinski definition) is 6. The highest BCUT2D eigenvalue weighted by molar-refractivity contribution is 5.38. The van der Waals surface area contributed by atoms with Crippen LogP contribution in [0.1, 0.15) is 53.0 Å². The van der Waals surface area contributed by atoms with Crippen LogP contribution in [-0.2, 0) is 13.0 Å². The van der Waals surface area contributed by atoms with Gasteiger partial charge in [0.2, 0.25) is 5.95 Å². The van der Waals surface area contributed by atoms with Gasteiger partial charge in [-0.3, -0.25) is 0 Å². The molecule has 0 bridgehead atoms. The first-order valence-corrected chi connectivity index (χ1v) is 9.66. The van der Waals surface area contributed by atoms with Crippen molar-refractivity contribution in [3.63, 3.8) is 0 Å². The van der Waals surface area contributed by atoms with E-state index in [0.717, 1.165) is 40.8 Å². The van der Waals surface area contributed by atoms with Crippen LogP contribution in [0.2, 0.25) is 0 Å². The zero-order valence-corrected chi connectivity index (χ0v) is 16.9. The summed E-state index contributed by atoms with van der Waals surface area (Å²) < 4.78 is 7.46. The Balaban J connectivity index is 1.47. The third-order valence-corrected chi connectivity index (χ3v) is 5.21. The molecule has 4 rings (SSSR count). The van der Waals surface area contributed by atoms with Gasteiger partial charge in [-0.05, 0) is 56.9 Å². The van der Waals surface area contributed by atoms with Crippen LogP contribution in [0.3, 0.4) is 0 Å². The standard InChI is InChI=1S/C21H26N6O/c1-13-19(11-16-5-9-18(28-4)10-6-16)14(2)24-21(23-13)22-12-20-26-25-15(3)27(20)17-7-8-17/h5-6,9-10,17H,7-8,11-12H2,1-4H3,(H,22,23,24). The molecule has 0 aliphatic heterocycles. The molecule has 1 saturated carbocycles. The van der Waals surface area contributed by atoms with E-state index in [-0.39, 0.29) is 0 Å². The first kappa shape index (κ1) is 18.4. The molecule has 28 heavy (non-hydrogen) atoms. The minimum absolute atomic E-state index is 0.558. The van der Waals surface area contributed by atoms with E-state index in [0.29, 0.717) is 18.5 Å². The summed E-state index contributed by atoms with van der Waals surface area (Å²) in [7, 11) is 1.68. The number of aromatic nitrogens is 5. The van der Waals surface area contributed by atoms with Crippen LogP contribution in [0, 0.1) is 20.8 Å². The third-order valence-electron chi connectivity index (χ3n) is 5.21. The third kappa shape index (κ3) is 3.83. The van der Waals surface area contributed by atoms with Gasteiger partial charge in [-0.1, -0.05) is 12.1 Å². The highest BCUT2D eigenvalue weighted by Gasteiger charge is 2.28. The molecule has 2 heterocycles. The normalized spacial score (nSPS) is 13.6. The Morgan fingerprint density at radius 1 is 1.04 bits per heavy atom. The van der Waals surface area contributed by atoms with E-state index in [1.165, 1.54) is 18.4 Å². The number of hydrogen-bond donors (Lipinski definition) is 1. The van der Waals surface area contributed by atoms with Crippen molar-refractivity contribution in [2.45, 2.75) is 52.6 Å². The van der Waals surface area contributed by atoms with E-state index in [1.807, 2.05) is 32.9 Å². The van der Waals surface area contributed by atoms with Gasteiger partial charge in [-0.25, -0.2) is 9.97 Å². The van der Waals surface area contributed by atoms with E-state index >= 15 is 0 Å². The molecular weight excluding hydrogens is 352 g/mol. The first-order chi connectivity index (χ1) is 13.5. The quantitative estimate of drug-likeness (QED) is 0.678. The van der Waals surface area contributed by atoms with Gasteiger partial charge in [0.05, 0.1) is 13.7 Å². The first-order valence-electron chi connectivity index (χ1n) is 9.66. The molecule has 7 heteroatoms. The van der Waals surface area contributed by atoms with Crippen LogP contribution in [0.4, 0.5) is 5.95 Å². The minimum atomic E-state index is 0.558. The summed E-state index contributed by atoms with van der Waals surface area (Å²) in [6, 6.07) is 8.68. The maximum Gasteiger partial charge on any atom is 0.223 e. The Hall–Kier alpha value is -2.96. The molecule has 1 aliphatic rings. The number of nitrogens with zero attached hydrogens (tertiary/aromatic N) is 5. The Morgan fingerprint density at radius 3 is 2.32 bits per heavy atom. The second-order valence-corrected chi connectivity index (χ2v) is 7.34. The van der Waals surface area contributed by atoms with Crippen molar-refractivity contribution in [3.8, 4) is 5.75 Å². The summed E-state index contributed by atoms with van der Waals surface area (Å²) >= 11 is 0. The zero-order valence-electron chi connectivity index (χ0n) is 16.9. The fraction of sp³-hybridized carbons (Fsp3) is 0.429. The molecule has 0 atom stereocenters. The van der Waals surface area contributed by atoms with Crippen LogP contribution in [0.5, 0.6) is 5.75 Å². The fourth-order valence-electron chi connectivity index (χ4n) is 3.52. The van der Waals surface area contributed by atoms with Crippen molar-refractivity contribution < 1.29 is 4.74 Å². The predicted octanol–water partition coefficient (Wildman–Crippen LogP) is 3.54. The van der Waals surface area contributed by atoms with Gasteiger partial charge in [0.15, 0.2) is 5.82 Å². The number of methoxy groups -OCH3 is 1. The number of benzene rings is 1. The van der Waals surface area contributed by atoms with Gasteiger partial charge >= 0.3 is 0 Å². The molecule has 0 spiro atoms. The molecule has 2 aromatic heterocycles. The fourth-order valence-corrected chi connectivity index (χ4v) is 3.52.